The summed E-state index contributed by atoms with van der Waals surface area (Å²) in [4.78, 5) is 12.2. The zero-order valence-corrected chi connectivity index (χ0v) is 13.1. The van der Waals surface area contributed by atoms with Gasteiger partial charge in [0.25, 0.3) is 0 Å². The van der Waals surface area contributed by atoms with Crippen LogP contribution in [0.5, 0.6) is 0 Å². The van der Waals surface area contributed by atoms with Gasteiger partial charge >= 0.3 is 5.97 Å². The average Bonchev–Trinajstić information content (AvgIpc) is 2.44. The predicted molar refractivity (Wildman–Crippen MR) is 82.6 cm³/mol. The lowest BCUT2D eigenvalue weighted by atomic mass is 9.92. The SMILES string of the molecule is CCOC(=O)C(C)(CCc1ccccc1)NCC(C)C. The van der Waals surface area contributed by atoms with E-state index in [4.69, 9.17) is 4.74 Å². The van der Waals surface area contributed by atoms with E-state index < -0.39 is 5.54 Å². The highest BCUT2D eigenvalue weighted by Gasteiger charge is 2.33. The number of rotatable bonds is 8. The molecule has 0 radical (unpaired) electrons. The first-order chi connectivity index (χ1) is 9.48. The monoisotopic (exact) mass is 277 g/mol. The van der Waals surface area contributed by atoms with Crippen molar-refractivity contribution in [1.82, 2.24) is 5.32 Å². The zero-order chi connectivity index (χ0) is 15.0. The minimum absolute atomic E-state index is 0.156. The standard InChI is InChI=1S/C17H27NO2/c1-5-20-16(19)17(4,18-13-14(2)3)12-11-15-9-7-6-8-10-15/h6-10,14,18H,5,11-13H2,1-4H3. The number of nitrogens with one attached hydrogen (secondary N) is 1. The van der Waals surface area contributed by atoms with Crippen molar-refractivity contribution in [3.05, 3.63) is 35.9 Å². The largest absolute Gasteiger partial charge is 0.465 e. The minimum Gasteiger partial charge on any atom is -0.465 e. The molecule has 0 fully saturated rings. The molecule has 3 nitrogen and oxygen atoms in total. The average molecular weight is 277 g/mol. The highest BCUT2D eigenvalue weighted by molar-refractivity contribution is 5.80. The van der Waals surface area contributed by atoms with Crippen molar-refractivity contribution in [3.63, 3.8) is 0 Å². The Labute approximate surface area is 122 Å². The maximum absolute atomic E-state index is 12.2. The summed E-state index contributed by atoms with van der Waals surface area (Å²) < 4.78 is 5.23. The summed E-state index contributed by atoms with van der Waals surface area (Å²) in [7, 11) is 0. The molecule has 112 valence electrons. The van der Waals surface area contributed by atoms with Gasteiger partial charge < -0.3 is 10.1 Å². The highest BCUT2D eigenvalue weighted by atomic mass is 16.5. The third-order valence-corrected chi connectivity index (χ3v) is 3.38. The first-order valence-corrected chi connectivity index (χ1v) is 7.44. The van der Waals surface area contributed by atoms with Crippen molar-refractivity contribution in [1.29, 1.82) is 0 Å². The Balaban J connectivity index is 2.68. The van der Waals surface area contributed by atoms with Crippen LogP contribution in [0.4, 0.5) is 0 Å². The molecule has 0 heterocycles. The maximum atomic E-state index is 12.2. The topological polar surface area (TPSA) is 38.3 Å². The molecule has 1 aromatic carbocycles. The fourth-order valence-corrected chi connectivity index (χ4v) is 2.02. The van der Waals surface area contributed by atoms with E-state index in [0.29, 0.717) is 12.5 Å². The fraction of sp³-hybridized carbons (Fsp3) is 0.588. The van der Waals surface area contributed by atoms with Crippen molar-refractivity contribution in [3.8, 4) is 0 Å². The van der Waals surface area contributed by atoms with Crippen LogP contribution in [-0.2, 0) is 16.0 Å². The number of carbonyl (C=O) groups excluding carboxylic acids is 1. The number of benzene rings is 1. The molecule has 0 aliphatic heterocycles. The normalized spacial score (nSPS) is 14.1. The second kappa shape index (κ2) is 8.05. The molecule has 0 amide bonds. The molecule has 0 saturated heterocycles. The number of ether oxygens (including phenoxy) is 1. The van der Waals surface area contributed by atoms with E-state index in [2.05, 4.69) is 31.3 Å². The van der Waals surface area contributed by atoms with E-state index in [0.717, 1.165) is 19.4 Å². The number of aryl methyl sites for hydroxylation is 1. The van der Waals surface area contributed by atoms with E-state index in [1.165, 1.54) is 5.56 Å². The number of hydrogen-bond donors (Lipinski definition) is 1. The van der Waals surface area contributed by atoms with Crippen LogP contribution in [-0.4, -0.2) is 24.7 Å². The van der Waals surface area contributed by atoms with Gasteiger partial charge in [-0.25, -0.2) is 0 Å². The maximum Gasteiger partial charge on any atom is 0.326 e. The van der Waals surface area contributed by atoms with Gasteiger partial charge in [-0.05, 0) is 44.7 Å². The molecule has 0 aliphatic carbocycles. The van der Waals surface area contributed by atoms with Gasteiger partial charge in [0.05, 0.1) is 6.61 Å². The lowest BCUT2D eigenvalue weighted by molar-refractivity contribution is -0.150. The van der Waals surface area contributed by atoms with Crippen LogP contribution < -0.4 is 5.32 Å². The molecule has 0 spiro atoms. The Hall–Kier alpha value is -1.35. The molecule has 1 aromatic rings. The second-order valence-electron chi connectivity index (χ2n) is 5.81. The molecule has 0 aliphatic rings. The smallest absolute Gasteiger partial charge is 0.326 e. The van der Waals surface area contributed by atoms with E-state index >= 15 is 0 Å². The molecule has 3 heteroatoms. The summed E-state index contributed by atoms with van der Waals surface area (Å²) in [5, 5.41) is 3.38. The summed E-state index contributed by atoms with van der Waals surface area (Å²) in [6.07, 6.45) is 1.60. The molecule has 1 N–H and O–H groups in total. The quantitative estimate of drug-likeness (QED) is 0.742. The molecule has 20 heavy (non-hydrogen) atoms. The Bertz CT molecular complexity index is 403. The fourth-order valence-electron chi connectivity index (χ4n) is 2.02. The first-order valence-electron chi connectivity index (χ1n) is 7.44. The molecule has 0 saturated carbocycles. The minimum atomic E-state index is -0.615. The molecule has 0 bridgehead atoms. The number of carbonyl (C=O) groups is 1. The summed E-state index contributed by atoms with van der Waals surface area (Å²) in [6, 6.07) is 10.2. The van der Waals surface area contributed by atoms with Crippen molar-refractivity contribution in [2.75, 3.05) is 13.2 Å². The van der Waals surface area contributed by atoms with E-state index in [1.54, 1.807) is 0 Å². The number of hydrogen-bond acceptors (Lipinski definition) is 3. The van der Waals surface area contributed by atoms with Crippen LogP contribution in [0.25, 0.3) is 0 Å². The lowest BCUT2D eigenvalue weighted by Gasteiger charge is -2.29. The van der Waals surface area contributed by atoms with Crippen LogP contribution in [0.1, 0.15) is 39.7 Å². The molecule has 0 aromatic heterocycles. The van der Waals surface area contributed by atoms with Gasteiger partial charge in [0.1, 0.15) is 5.54 Å². The summed E-state index contributed by atoms with van der Waals surface area (Å²) in [6.45, 7) is 9.28. The Kier molecular flexibility index (Phi) is 6.73. The molecular weight excluding hydrogens is 250 g/mol. The Morgan fingerprint density at radius 1 is 1.30 bits per heavy atom. The van der Waals surface area contributed by atoms with Gasteiger partial charge in [-0.15, -0.1) is 0 Å². The molecule has 1 rings (SSSR count). The van der Waals surface area contributed by atoms with Crippen molar-refractivity contribution in [2.24, 2.45) is 5.92 Å². The third-order valence-electron chi connectivity index (χ3n) is 3.38. The van der Waals surface area contributed by atoms with Gasteiger partial charge in [-0.2, -0.15) is 0 Å². The van der Waals surface area contributed by atoms with Crippen molar-refractivity contribution < 1.29 is 9.53 Å². The summed E-state index contributed by atoms with van der Waals surface area (Å²) in [5.41, 5.74) is 0.630. The summed E-state index contributed by atoms with van der Waals surface area (Å²) >= 11 is 0. The van der Waals surface area contributed by atoms with Crippen LogP contribution in [0.3, 0.4) is 0 Å². The van der Waals surface area contributed by atoms with Gasteiger partial charge in [-0.1, -0.05) is 44.2 Å². The van der Waals surface area contributed by atoms with Gasteiger partial charge in [0.15, 0.2) is 0 Å². The van der Waals surface area contributed by atoms with Gasteiger partial charge in [0, 0.05) is 0 Å². The molecule has 1 atom stereocenters. The van der Waals surface area contributed by atoms with Crippen LogP contribution >= 0.6 is 0 Å². The van der Waals surface area contributed by atoms with Crippen LogP contribution in [0.15, 0.2) is 30.3 Å². The van der Waals surface area contributed by atoms with Crippen LogP contribution in [0.2, 0.25) is 0 Å². The lowest BCUT2D eigenvalue weighted by Crippen LogP contribution is -2.52. The number of esters is 1. The first kappa shape index (κ1) is 16.7. The van der Waals surface area contributed by atoms with E-state index in [9.17, 15) is 4.79 Å². The van der Waals surface area contributed by atoms with Crippen molar-refractivity contribution in [2.45, 2.75) is 46.1 Å². The second-order valence-corrected chi connectivity index (χ2v) is 5.81. The Morgan fingerprint density at radius 2 is 1.95 bits per heavy atom. The van der Waals surface area contributed by atoms with Gasteiger partial charge in [0.2, 0.25) is 0 Å². The van der Waals surface area contributed by atoms with Gasteiger partial charge in [-0.3, -0.25) is 4.79 Å². The predicted octanol–water partition coefficient (Wildman–Crippen LogP) is 3.19. The molecular formula is C17H27NO2. The van der Waals surface area contributed by atoms with E-state index in [1.807, 2.05) is 32.0 Å². The highest BCUT2D eigenvalue weighted by Crippen LogP contribution is 2.17. The third kappa shape index (κ3) is 5.33. The van der Waals surface area contributed by atoms with E-state index in [-0.39, 0.29) is 5.97 Å². The van der Waals surface area contributed by atoms with Crippen molar-refractivity contribution >= 4 is 5.97 Å². The Morgan fingerprint density at radius 3 is 2.50 bits per heavy atom. The molecule has 1 unspecified atom stereocenters. The zero-order valence-electron chi connectivity index (χ0n) is 13.1. The van der Waals surface area contributed by atoms with Crippen LogP contribution in [0, 0.1) is 5.92 Å². The summed E-state index contributed by atoms with van der Waals surface area (Å²) in [5.74, 6) is 0.344.